The summed E-state index contributed by atoms with van der Waals surface area (Å²) in [6.45, 7) is -0.793. The maximum Gasteiger partial charge on any atom is 0.326 e. The number of nitrogens with one attached hydrogen (secondary N) is 1. The molecule has 18 heavy (non-hydrogen) atoms. The fourth-order valence-electron chi connectivity index (χ4n) is 1.92. The Kier molecular flexibility index (Phi) is 3.71. The monoisotopic (exact) mass is 282 g/mol. The Balaban J connectivity index is 2.12. The highest BCUT2D eigenvalue weighted by Gasteiger charge is 2.49. The molecule has 0 aliphatic carbocycles. The van der Waals surface area contributed by atoms with Gasteiger partial charge in [-0.15, -0.1) is 11.6 Å². The summed E-state index contributed by atoms with van der Waals surface area (Å²) in [4.78, 5) is 23.5. The first-order chi connectivity index (χ1) is 8.45. The van der Waals surface area contributed by atoms with Gasteiger partial charge in [0.05, 0.1) is 13.2 Å². The van der Waals surface area contributed by atoms with E-state index in [4.69, 9.17) is 21.4 Å². The van der Waals surface area contributed by atoms with Crippen LogP contribution in [-0.2, 0) is 9.53 Å². The zero-order valence-electron chi connectivity index (χ0n) is 9.12. The van der Waals surface area contributed by atoms with Gasteiger partial charge >= 0.3 is 6.03 Å². The van der Waals surface area contributed by atoms with E-state index in [0.29, 0.717) is 0 Å². The summed E-state index contributed by atoms with van der Waals surface area (Å²) in [5.74, 6) is -0.662. The van der Waals surface area contributed by atoms with Crippen molar-refractivity contribution in [1.29, 1.82) is 0 Å². The molecule has 0 saturated carbocycles. The van der Waals surface area contributed by atoms with E-state index in [1.54, 1.807) is 0 Å². The number of aliphatic hydroxyl groups is 2. The average Bonchev–Trinajstić information content (AvgIpc) is 2.61. The molecule has 0 aromatic rings. The van der Waals surface area contributed by atoms with Crippen molar-refractivity contribution in [1.82, 2.24) is 10.2 Å². The number of ether oxygens (including phenoxy) is 1. The third-order valence-electron chi connectivity index (χ3n) is 2.91. The fraction of sp³-hybridized carbons (Fsp3) is 0.778. The van der Waals surface area contributed by atoms with Gasteiger partial charge in [-0.1, -0.05) is 0 Å². The zero-order chi connectivity index (χ0) is 13.4. The highest BCUT2D eigenvalue weighted by Crippen LogP contribution is 2.28. The number of alkyl halides is 2. The van der Waals surface area contributed by atoms with Gasteiger partial charge in [0.25, 0.3) is 0 Å². The van der Waals surface area contributed by atoms with Crippen LogP contribution in [0.1, 0.15) is 0 Å². The summed E-state index contributed by atoms with van der Waals surface area (Å²) >= 11 is 5.66. The maximum atomic E-state index is 13.8. The topological polar surface area (TPSA) is 99.1 Å². The molecular weight excluding hydrogens is 271 g/mol. The van der Waals surface area contributed by atoms with Crippen LogP contribution in [0.25, 0.3) is 0 Å². The van der Waals surface area contributed by atoms with Gasteiger partial charge < -0.3 is 14.9 Å². The molecule has 1 unspecified atom stereocenters. The second-order valence-electron chi connectivity index (χ2n) is 4.10. The number of hydrogen-bond donors (Lipinski definition) is 3. The molecule has 2 saturated heterocycles. The van der Waals surface area contributed by atoms with Crippen LogP contribution in [0.4, 0.5) is 9.18 Å². The molecule has 0 bridgehead atoms. The van der Waals surface area contributed by atoms with Crippen LogP contribution in [0.2, 0.25) is 0 Å². The van der Waals surface area contributed by atoms with Crippen LogP contribution in [0, 0.1) is 0 Å². The lowest BCUT2D eigenvalue weighted by molar-refractivity contribution is -0.124. The molecule has 2 fully saturated rings. The average molecular weight is 283 g/mol. The quantitative estimate of drug-likeness (QED) is 0.539. The molecule has 3 amide bonds. The number of nitrogens with zero attached hydrogens (tertiary/aromatic N) is 1. The van der Waals surface area contributed by atoms with E-state index in [1.807, 2.05) is 5.32 Å². The van der Waals surface area contributed by atoms with Gasteiger partial charge in [-0.2, -0.15) is 0 Å². The lowest BCUT2D eigenvalue weighted by Crippen LogP contribution is -2.60. The molecule has 0 spiro atoms. The summed E-state index contributed by atoms with van der Waals surface area (Å²) in [5.41, 5.74) is 0. The molecule has 2 heterocycles. The normalized spacial score (nSPS) is 41.1. The molecule has 0 radical (unpaired) electrons. The van der Waals surface area contributed by atoms with Gasteiger partial charge in [0.15, 0.2) is 12.4 Å². The van der Waals surface area contributed by atoms with Crippen LogP contribution in [0.15, 0.2) is 0 Å². The van der Waals surface area contributed by atoms with Crippen molar-refractivity contribution >= 4 is 23.5 Å². The zero-order valence-corrected chi connectivity index (χ0v) is 9.88. The highest BCUT2D eigenvalue weighted by atomic mass is 35.5. The summed E-state index contributed by atoms with van der Waals surface area (Å²) in [7, 11) is 0. The number of halogens is 2. The van der Waals surface area contributed by atoms with E-state index in [0.717, 1.165) is 4.90 Å². The van der Waals surface area contributed by atoms with Gasteiger partial charge in [0.2, 0.25) is 5.91 Å². The minimum Gasteiger partial charge on any atom is -0.394 e. The van der Waals surface area contributed by atoms with Crippen molar-refractivity contribution in [3.8, 4) is 0 Å². The number of carbonyl (C=O) groups excluding carboxylic acids is 2. The molecule has 7 nitrogen and oxygen atoms in total. The third-order valence-corrected chi connectivity index (χ3v) is 3.25. The molecule has 5 atom stereocenters. The summed E-state index contributed by atoms with van der Waals surface area (Å²) in [5, 5.41) is 19.3. The van der Waals surface area contributed by atoms with Gasteiger partial charge in [-0.3, -0.25) is 15.0 Å². The van der Waals surface area contributed by atoms with Gasteiger partial charge in [-0.25, -0.2) is 9.18 Å². The second kappa shape index (κ2) is 4.96. The molecule has 2 aliphatic rings. The number of aliphatic hydroxyl groups excluding tert-OH is 2. The fourth-order valence-corrected chi connectivity index (χ4v) is 2.12. The molecule has 3 N–H and O–H groups in total. The second-order valence-corrected chi connectivity index (χ2v) is 4.62. The highest BCUT2D eigenvalue weighted by molar-refractivity contribution is 6.32. The van der Waals surface area contributed by atoms with Crippen molar-refractivity contribution in [2.45, 2.75) is 30.0 Å². The van der Waals surface area contributed by atoms with E-state index in [2.05, 4.69) is 0 Å². The first-order valence-corrected chi connectivity index (χ1v) is 5.73. The molecule has 102 valence electrons. The van der Waals surface area contributed by atoms with Crippen LogP contribution in [-0.4, -0.2) is 70.2 Å². The van der Waals surface area contributed by atoms with E-state index in [1.165, 1.54) is 0 Å². The largest absolute Gasteiger partial charge is 0.394 e. The van der Waals surface area contributed by atoms with Crippen molar-refractivity contribution < 1.29 is 28.9 Å². The first kappa shape index (κ1) is 13.5. The molecular formula is C9H12ClFN2O5. The standard InChI is InChI=1S/C9H12ClFN2O5/c10-3-1-13(9(17)12-7(3)16)8-5(11)6(15)4(2-14)18-8/h3-6,8,14-15H,1-2H2,(H,12,16,17)/t3?,4-,5-,6-,8-/m1/s1. The number of carbonyl (C=O) groups is 2. The third kappa shape index (κ3) is 2.16. The SMILES string of the molecule is O=C1NC(=O)N([C@@H]2O[C@H](CO)[C@@H](O)[C@H]2F)CC1Cl. The van der Waals surface area contributed by atoms with Crippen molar-refractivity contribution in [2.24, 2.45) is 0 Å². The van der Waals surface area contributed by atoms with Crippen molar-refractivity contribution in [3.63, 3.8) is 0 Å². The Hall–Kier alpha value is -0.960. The van der Waals surface area contributed by atoms with E-state index >= 15 is 0 Å². The molecule has 0 aromatic carbocycles. The van der Waals surface area contributed by atoms with Gasteiger partial charge in [0, 0.05) is 0 Å². The first-order valence-electron chi connectivity index (χ1n) is 5.29. The lowest BCUT2D eigenvalue weighted by atomic mass is 10.1. The molecule has 0 aromatic heterocycles. The number of imide groups is 1. The predicted molar refractivity (Wildman–Crippen MR) is 56.5 cm³/mol. The Morgan fingerprint density at radius 3 is 2.78 bits per heavy atom. The molecule has 9 heteroatoms. The van der Waals surface area contributed by atoms with Crippen LogP contribution in [0.3, 0.4) is 0 Å². The summed E-state index contributed by atoms with van der Waals surface area (Å²) < 4.78 is 18.8. The van der Waals surface area contributed by atoms with Crippen LogP contribution >= 0.6 is 11.6 Å². The minimum absolute atomic E-state index is 0.220. The van der Waals surface area contributed by atoms with Crippen LogP contribution < -0.4 is 5.32 Å². The number of amides is 3. The Bertz CT molecular complexity index is 371. The van der Waals surface area contributed by atoms with E-state index in [9.17, 15) is 19.1 Å². The molecule has 2 rings (SSSR count). The number of hydrogen-bond acceptors (Lipinski definition) is 5. The van der Waals surface area contributed by atoms with Crippen molar-refractivity contribution in [2.75, 3.05) is 13.2 Å². The minimum atomic E-state index is -1.87. The van der Waals surface area contributed by atoms with Crippen LogP contribution in [0.5, 0.6) is 0 Å². The molecule has 2 aliphatic heterocycles. The summed E-state index contributed by atoms with van der Waals surface area (Å²) in [6.07, 6.45) is -5.88. The van der Waals surface area contributed by atoms with Gasteiger partial charge in [-0.05, 0) is 0 Å². The number of urea groups is 1. The summed E-state index contributed by atoms with van der Waals surface area (Å²) in [6, 6.07) is -0.838. The van der Waals surface area contributed by atoms with E-state index < -0.39 is 48.5 Å². The van der Waals surface area contributed by atoms with Gasteiger partial charge in [0.1, 0.15) is 17.6 Å². The maximum absolute atomic E-state index is 13.8. The number of rotatable bonds is 2. The Morgan fingerprint density at radius 2 is 2.22 bits per heavy atom. The van der Waals surface area contributed by atoms with Crippen molar-refractivity contribution in [3.05, 3.63) is 0 Å². The Morgan fingerprint density at radius 1 is 1.56 bits per heavy atom. The smallest absolute Gasteiger partial charge is 0.326 e. The van der Waals surface area contributed by atoms with E-state index in [-0.39, 0.29) is 6.54 Å². The Labute approximate surface area is 106 Å². The lowest BCUT2D eigenvalue weighted by Gasteiger charge is -2.34. The predicted octanol–water partition coefficient (Wildman–Crippen LogP) is -1.44.